The lowest BCUT2D eigenvalue weighted by atomic mass is 10.1. The van der Waals surface area contributed by atoms with Crippen molar-refractivity contribution in [3.63, 3.8) is 0 Å². The minimum Gasteiger partial charge on any atom is -0.385 e. The van der Waals surface area contributed by atoms with E-state index in [4.69, 9.17) is 9.72 Å². The molecule has 2 heterocycles. The molecule has 4 nitrogen and oxygen atoms in total. The molecule has 27 heavy (non-hydrogen) atoms. The van der Waals surface area contributed by atoms with E-state index < -0.39 is 11.9 Å². The van der Waals surface area contributed by atoms with Crippen LogP contribution in [0, 0.1) is 0 Å². The topological polar surface area (TPSA) is 30.3 Å². The summed E-state index contributed by atoms with van der Waals surface area (Å²) in [5.41, 5.74) is 1.65. The summed E-state index contributed by atoms with van der Waals surface area (Å²) in [5.74, 6) is 0. The molecule has 0 aromatic carbocycles. The molecule has 0 saturated heterocycles. The molecule has 0 amide bonds. The molecule has 1 saturated carbocycles. The Hall–Kier alpha value is -1.60. The number of nitrogens with zero attached hydrogens (tertiary/aromatic N) is 3. The number of rotatable bonds is 9. The van der Waals surface area contributed by atoms with Crippen LogP contribution in [0.2, 0.25) is 0 Å². The number of ether oxygens (including phenoxy) is 1. The number of aromatic nitrogens is 2. The van der Waals surface area contributed by atoms with Gasteiger partial charge in [0.15, 0.2) is 0 Å². The van der Waals surface area contributed by atoms with Gasteiger partial charge in [-0.2, -0.15) is 13.2 Å². The number of alkyl halides is 3. The first-order valence-electron chi connectivity index (χ1n) is 9.63. The van der Waals surface area contributed by atoms with Crippen molar-refractivity contribution in [2.45, 2.75) is 64.3 Å². The van der Waals surface area contributed by atoms with Crippen molar-refractivity contribution in [1.82, 2.24) is 14.5 Å². The second-order valence-corrected chi connectivity index (χ2v) is 7.41. The molecule has 2 aromatic rings. The van der Waals surface area contributed by atoms with E-state index in [2.05, 4.69) is 11.9 Å². The van der Waals surface area contributed by atoms with Crippen LogP contribution in [0.1, 0.15) is 49.7 Å². The lowest BCUT2D eigenvalue weighted by Gasteiger charge is -2.17. The summed E-state index contributed by atoms with van der Waals surface area (Å²) in [6, 6.07) is 3.69. The second-order valence-electron chi connectivity index (χ2n) is 7.41. The van der Waals surface area contributed by atoms with Crippen LogP contribution in [0.25, 0.3) is 10.9 Å². The van der Waals surface area contributed by atoms with E-state index in [9.17, 15) is 13.2 Å². The van der Waals surface area contributed by atoms with Gasteiger partial charge in [0.25, 0.3) is 0 Å². The van der Waals surface area contributed by atoms with E-state index in [1.165, 1.54) is 23.5 Å². The minimum atomic E-state index is -4.39. The Kier molecular flexibility index (Phi) is 6.11. The molecule has 3 rings (SSSR count). The van der Waals surface area contributed by atoms with Gasteiger partial charge in [0.1, 0.15) is 5.69 Å². The third kappa shape index (κ3) is 4.63. The van der Waals surface area contributed by atoms with E-state index in [-0.39, 0.29) is 6.54 Å². The summed E-state index contributed by atoms with van der Waals surface area (Å²) in [6.07, 6.45) is 0.0437. The lowest BCUT2D eigenvalue weighted by molar-refractivity contribution is -0.143. The van der Waals surface area contributed by atoms with Crippen molar-refractivity contribution in [2.75, 3.05) is 20.8 Å². The first kappa shape index (κ1) is 20.1. The van der Waals surface area contributed by atoms with Crippen LogP contribution in [0.5, 0.6) is 0 Å². The van der Waals surface area contributed by atoms with Gasteiger partial charge in [-0.15, -0.1) is 0 Å². The maximum absolute atomic E-state index is 13.7. The predicted octanol–water partition coefficient (Wildman–Crippen LogP) is 4.64. The molecule has 1 fully saturated rings. The molecule has 0 spiro atoms. The Balaban J connectivity index is 2.07. The summed E-state index contributed by atoms with van der Waals surface area (Å²) in [6.45, 7) is 3.40. The van der Waals surface area contributed by atoms with Crippen LogP contribution in [0.3, 0.4) is 0 Å². The molecule has 0 atom stereocenters. The number of fused-ring (bicyclic) bond motifs is 1. The average Bonchev–Trinajstić information content (AvgIpc) is 3.37. The van der Waals surface area contributed by atoms with E-state index >= 15 is 0 Å². The monoisotopic (exact) mass is 383 g/mol. The van der Waals surface area contributed by atoms with Gasteiger partial charge >= 0.3 is 6.18 Å². The van der Waals surface area contributed by atoms with Crippen LogP contribution < -0.4 is 0 Å². The minimum absolute atomic E-state index is 0.277. The lowest BCUT2D eigenvalue weighted by Crippen LogP contribution is -2.21. The molecule has 150 valence electrons. The van der Waals surface area contributed by atoms with Gasteiger partial charge in [-0.1, -0.05) is 13.3 Å². The standard InChI is InChI=1S/C20H28F3N3O/c1-4-6-17-16-12-19(20(21,22)23)26(9-5-10-27-3)18(16)11-14(24-17)13-25(2)15-7-8-15/h11-12,15H,4-10,13H2,1-3H3. The van der Waals surface area contributed by atoms with Gasteiger partial charge in [-0.05, 0) is 44.9 Å². The molecule has 0 radical (unpaired) electrons. The number of pyridine rings is 1. The van der Waals surface area contributed by atoms with Crippen LogP contribution >= 0.6 is 0 Å². The molecule has 0 N–H and O–H groups in total. The fraction of sp³-hybridized carbons (Fsp3) is 0.650. The average molecular weight is 383 g/mol. The Labute approximate surface area is 158 Å². The number of halogens is 3. The zero-order valence-corrected chi connectivity index (χ0v) is 16.3. The van der Waals surface area contributed by atoms with Gasteiger partial charge in [0.05, 0.1) is 16.9 Å². The quantitative estimate of drug-likeness (QED) is 0.591. The van der Waals surface area contributed by atoms with Crippen LogP contribution in [0.4, 0.5) is 13.2 Å². The molecular formula is C20H28F3N3O. The van der Waals surface area contributed by atoms with Crippen LogP contribution in [0.15, 0.2) is 12.1 Å². The van der Waals surface area contributed by atoms with Crippen molar-refractivity contribution < 1.29 is 17.9 Å². The van der Waals surface area contributed by atoms with Gasteiger partial charge in [0.2, 0.25) is 0 Å². The van der Waals surface area contributed by atoms with Crippen LogP contribution in [-0.4, -0.2) is 41.3 Å². The molecule has 0 bridgehead atoms. The molecule has 7 heteroatoms. The maximum atomic E-state index is 13.7. The van der Waals surface area contributed by atoms with Gasteiger partial charge < -0.3 is 9.30 Å². The van der Waals surface area contributed by atoms with E-state index in [0.717, 1.165) is 17.8 Å². The number of hydrogen-bond acceptors (Lipinski definition) is 3. The fourth-order valence-corrected chi connectivity index (χ4v) is 3.63. The molecule has 0 unspecified atom stereocenters. The fourth-order valence-electron chi connectivity index (χ4n) is 3.63. The predicted molar refractivity (Wildman–Crippen MR) is 99.7 cm³/mol. The molecule has 1 aliphatic carbocycles. The zero-order chi connectivity index (χ0) is 19.6. The van der Waals surface area contributed by atoms with Gasteiger partial charge in [-0.3, -0.25) is 9.88 Å². The molecular weight excluding hydrogens is 355 g/mol. The summed E-state index contributed by atoms with van der Waals surface area (Å²) in [4.78, 5) is 6.97. The van der Waals surface area contributed by atoms with Crippen LogP contribution in [-0.2, 0) is 30.4 Å². The molecule has 1 aliphatic rings. The number of methoxy groups -OCH3 is 1. The van der Waals surface area contributed by atoms with Crippen molar-refractivity contribution in [3.05, 3.63) is 29.2 Å². The largest absolute Gasteiger partial charge is 0.431 e. The highest BCUT2D eigenvalue weighted by Crippen LogP contribution is 2.36. The Bertz CT molecular complexity index is 781. The first-order valence-corrected chi connectivity index (χ1v) is 9.63. The zero-order valence-electron chi connectivity index (χ0n) is 16.3. The van der Waals surface area contributed by atoms with Crippen molar-refractivity contribution >= 4 is 10.9 Å². The summed E-state index contributed by atoms with van der Waals surface area (Å²) in [5, 5.41) is 0.624. The number of hydrogen-bond donors (Lipinski definition) is 0. The molecule has 0 aliphatic heterocycles. The second kappa shape index (κ2) is 8.19. The Morgan fingerprint density at radius 3 is 2.63 bits per heavy atom. The van der Waals surface area contributed by atoms with E-state index in [1.807, 2.05) is 13.0 Å². The Morgan fingerprint density at radius 1 is 1.30 bits per heavy atom. The third-order valence-electron chi connectivity index (χ3n) is 5.12. The van der Waals surface area contributed by atoms with Gasteiger partial charge in [0, 0.05) is 38.2 Å². The maximum Gasteiger partial charge on any atom is 0.431 e. The first-order chi connectivity index (χ1) is 12.8. The van der Waals surface area contributed by atoms with E-state index in [1.54, 1.807) is 7.11 Å². The van der Waals surface area contributed by atoms with E-state index in [0.29, 0.717) is 42.9 Å². The summed E-state index contributed by atoms with van der Waals surface area (Å²) < 4.78 is 47.4. The SMILES string of the molecule is CCCc1nc(CN(C)C2CC2)cc2c1cc(C(F)(F)F)n2CCCOC. The third-order valence-corrected chi connectivity index (χ3v) is 5.12. The highest BCUT2D eigenvalue weighted by molar-refractivity contribution is 5.84. The van der Waals surface area contributed by atoms with Crippen molar-refractivity contribution in [3.8, 4) is 0 Å². The number of aryl methyl sites for hydroxylation is 2. The summed E-state index contributed by atoms with van der Waals surface area (Å²) >= 11 is 0. The smallest absolute Gasteiger partial charge is 0.385 e. The molecule has 2 aromatic heterocycles. The highest BCUT2D eigenvalue weighted by atomic mass is 19.4. The van der Waals surface area contributed by atoms with Gasteiger partial charge in [-0.25, -0.2) is 0 Å². The van der Waals surface area contributed by atoms with Crippen molar-refractivity contribution in [2.24, 2.45) is 0 Å². The summed E-state index contributed by atoms with van der Waals surface area (Å²) in [7, 11) is 3.62. The Morgan fingerprint density at radius 2 is 2.04 bits per heavy atom. The van der Waals surface area contributed by atoms with Crippen molar-refractivity contribution in [1.29, 1.82) is 0 Å². The highest BCUT2D eigenvalue weighted by Gasteiger charge is 2.36. The normalized spacial score (nSPS) is 15.2.